The number of benzene rings is 2. The zero-order valence-electron chi connectivity index (χ0n) is 17.1. The first-order valence-corrected chi connectivity index (χ1v) is 9.90. The number of hydrogen-bond donors (Lipinski definition) is 0. The van der Waals surface area contributed by atoms with Gasteiger partial charge in [0, 0.05) is 11.1 Å². The highest BCUT2D eigenvalue weighted by molar-refractivity contribution is 6.32. The number of fused-ring (bicyclic) bond motifs is 1. The molecule has 2 aromatic carbocycles. The van der Waals surface area contributed by atoms with E-state index in [4.69, 9.17) is 9.15 Å². The quantitative estimate of drug-likeness (QED) is 0.392. The summed E-state index contributed by atoms with van der Waals surface area (Å²) < 4.78 is 50.0. The highest BCUT2D eigenvalue weighted by atomic mass is 19.4. The van der Waals surface area contributed by atoms with Gasteiger partial charge in [-0.3, -0.25) is 4.79 Å². The van der Waals surface area contributed by atoms with Gasteiger partial charge in [-0.15, -0.1) is 0 Å². The Morgan fingerprint density at radius 2 is 1.88 bits per heavy atom. The Balaban J connectivity index is 1.41. The third-order valence-corrected chi connectivity index (χ3v) is 5.36. The van der Waals surface area contributed by atoms with E-state index in [1.807, 2.05) is 0 Å². The maximum atomic E-state index is 13.0. The van der Waals surface area contributed by atoms with E-state index in [-0.39, 0.29) is 23.8 Å². The number of anilines is 1. The number of carbonyl (C=O) groups excluding carboxylic acids is 2. The molecule has 6 nitrogen and oxygen atoms in total. The van der Waals surface area contributed by atoms with Crippen molar-refractivity contribution < 1.29 is 31.9 Å². The van der Waals surface area contributed by atoms with E-state index in [0.29, 0.717) is 22.8 Å². The Morgan fingerprint density at radius 1 is 1.06 bits per heavy atom. The number of furan rings is 1. The fraction of sp³-hybridized carbons (Fsp3) is 0.125. The van der Waals surface area contributed by atoms with Crippen molar-refractivity contribution in [1.82, 2.24) is 0 Å². The molecule has 0 radical (unpaired) electrons. The molecule has 0 spiro atoms. The van der Waals surface area contributed by atoms with Gasteiger partial charge in [0.15, 0.2) is 0 Å². The van der Waals surface area contributed by atoms with Crippen LogP contribution in [0.1, 0.15) is 34.2 Å². The van der Waals surface area contributed by atoms with Crippen LogP contribution in [0.4, 0.5) is 18.9 Å². The molecular weight excluding hydrogens is 437 g/mol. The van der Waals surface area contributed by atoms with Gasteiger partial charge in [-0.2, -0.15) is 23.3 Å². The number of carbonyl (C=O) groups is 2. The lowest BCUT2D eigenvalue weighted by molar-refractivity contribution is -0.137. The molecule has 3 aromatic rings. The number of amides is 1. The summed E-state index contributed by atoms with van der Waals surface area (Å²) >= 11 is 0. The number of rotatable bonds is 3. The van der Waals surface area contributed by atoms with Gasteiger partial charge in [-0.25, -0.2) is 4.79 Å². The van der Waals surface area contributed by atoms with Gasteiger partial charge in [0.05, 0.1) is 28.1 Å². The highest BCUT2D eigenvalue weighted by Crippen LogP contribution is 2.34. The van der Waals surface area contributed by atoms with Gasteiger partial charge in [0.2, 0.25) is 0 Å². The molecule has 0 N–H and O–H groups in total. The summed E-state index contributed by atoms with van der Waals surface area (Å²) in [7, 11) is 0. The molecule has 1 amide bonds. The number of hydrazone groups is 1. The van der Waals surface area contributed by atoms with Crippen molar-refractivity contribution in [2.24, 2.45) is 5.10 Å². The Labute approximate surface area is 185 Å². The first-order chi connectivity index (χ1) is 15.7. The van der Waals surface area contributed by atoms with E-state index in [9.17, 15) is 22.8 Å². The Morgan fingerprint density at radius 3 is 2.67 bits per heavy atom. The highest BCUT2D eigenvalue weighted by Gasteiger charge is 2.33. The van der Waals surface area contributed by atoms with Gasteiger partial charge in [-0.1, -0.05) is 12.1 Å². The molecule has 0 fully saturated rings. The molecular formula is C24H15F3N2O4. The second kappa shape index (κ2) is 7.47. The average Bonchev–Trinajstić information content (AvgIpc) is 3.48. The first-order valence-electron chi connectivity index (χ1n) is 9.90. The Hall–Kier alpha value is -4.14. The van der Waals surface area contributed by atoms with Gasteiger partial charge in [-0.05, 0) is 55.5 Å². The predicted octanol–water partition coefficient (Wildman–Crippen LogP) is 5.44. The van der Waals surface area contributed by atoms with Crippen molar-refractivity contribution in [3.8, 4) is 11.3 Å². The molecule has 2 aliphatic heterocycles. The molecule has 3 heterocycles. The molecule has 2 aliphatic rings. The van der Waals surface area contributed by atoms with E-state index in [1.54, 1.807) is 37.3 Å². The number of cyclic esters (lactones) is 1. The normalized spacial score (nSPS) is 16.9. The summed E-state index contributed by atoms with van der Waals surface area (Å²) in [5.74, 6) is -0.0143. The first kappa shape index (κ1) is 20.7. The molecule has 0 saturated heterocycles. The van der Waals surface area contributed by atoms with E-state index in [0.717, 1.165) is 28.3 Å². The third-order valence-electron chi connectivity index (χ3n) is 5.36. The fourth-order valence-electron chi connectivity index (χ4n) is 3.69. The summed E-state index contributed by atoms with van der Waals surface area (Å²) in [6.45, 7) is 1.80. The van der Waals surface area contributed by atoms with E-state index in [1.165, 1.54) is 18.2 Å². The topological polar surface area (TPSA) is 72.1 Å². The molecule has 5 rings (SSSR count). The second-order valence-corrected chi connectivity index (χ2v) is 7.56. The van der Waals surface area contributed by atoms with Crippen LogP contribution in [0.5, 0.6) is 0 Å². The van der Waals surface area contributed by atoms with Crippen LogP contribution in [0.25, 0.3) is 17.4 Å². The lowest BCUT2D eigenvalue weighted by Crippen LogP contribution is -2.21. The molecule has 9 heteroatoms. The number of alkyl halides is 3. The average molecular weight is 452 g/mol. The van der Waals surface area contributed by atoms with E-state index >= 15 is 0 Å². The molecule has 0 aliphatic carbocycles. The largest absolute Gasteiger partial charge is 0.457 e. The lowest BCUT2D eigenvalue weighted by atomic mass is 10.0. The van der Waals surface area contributed by atoms with Gasteiger partial charge in [0.25, 0.3) is 5.91 Å². The number of ether oxygens (including phenoxy) is 1. The van der Waals surface area contributed by atoms with Crippen LogP contribution in [0.2, 0.25) is 0 Å². The molecule has 33 heavy (non-hydrogen) atoms. The van der Waals surface area contributed by atoms with Crippen molar-refractivity contribution in [2.75, 3.05) is 5.01 Å². The minimum atomic E-state index is -4.53. The summed E-state index contributed by atoms with van der Waals surface area (Å²) in [6.07, 6.45) is -3.03. The predicted molar refractivity (Wildman–Crippen MR) is 113 cm³/mol. The van der Waals surface area contributed by atoms with Crippen molar-refractivity contribution in [2.45, 2.75) is 19.7 Å². The van der Waals surface area contributed by atoms with Crippen molar-refractivity contribution in [3.63, 3.8) is 0 Å². The number of nitrogens with zero attached hydrogens (tertiary/aromatic N) is 2. The minimum absolute atomic E-state index is 0.0209. The van der Waals surface area contributed by atoms with Crippen LogP contribution in [0, 0.1) is 0 Å². The van der Waals surface area contributed by atoms with Crippen molar-refractivity contribution in [1.29, 1.82) is 0 Å². The Bertz CT molecular complexity index is 1370. The molecule has 0 bridgehead atoms. The maximum Gasteiger partial charge on any atom is 0.416 e. The van der Waals surface area contributed by atoms with E-state index < -0.39 is 17.6 Å². The van der Waals surface area contributed by atoms with Crippen LogP contribution >= 0.6 is 0 Å². The van der Waals surface area contributed by atoms with Crippen LogP contribution in [0.3, 0.4) is 0 Å². The van der Waals surface area contributed by atoms with Crippen molar-refractivity contribution in [3.05, 3.63) is 82.6 Å². The zero-order chi connectivity index (χ0) is 23.3. The SMILES string of the molecule is CC1=NN(c2cccc(C(F)(F)F)c2)C(=O)C1=Cc1ccc(-c2ccc3c(c2)COC3=O)o1. The lowest BCUT2D eigenvalue weighted by Gasteiger charge is -2.14. The third kappa shape index (κ3) is 3.71. The Kier molecular flexibility index (Phi) is 4.70. The molecule has 0 unspecified atom stereocenters. The maximum absolute atomic E-state index is 13.0. The zero-order valence-corrected chi connectivity index (χ0v) is 17.1. The van der Waals surface area contributed by atoms with Gasteiger partial charge >= 0.3 is 12.1 Å². The van der Waals surface area contributed by atoms with Crippen LogP contribution < -0.4 is 5.01 Å². The van der Waals surface area contributed by atoms with E-state index in [2.05, 4.69) is 5.10 Å². The summed E-state index contributed by atoms with van der Waals surface area (Å²) in [4.78, 5) is 24.5. The fourth-order valence-corrected chi connectivity index (χ4v) is 3.69. The summed E-state index contributed by atoms with van der Waals surface area (Å²) in [5.41, 5.74) is 1.74. The van der Waals surface area contributed by atoms with Crippen LogP contribution in [-0.2, 0) is 22.3 Å². The van der Waals surface area contributed by atoms with Crippen LogP contribution in [0.15, 0.2) is 69.7 Å². The monoisotopic (exact) mass is 452 g/mol. The summed E-state index contributed by atoms with van der Waals surface area (Å²) in [5, 5.41) is 5.07. The van der Waals surface area contributed by atoms with Crippen molar-refractivity contribution >= 4 is 29.4 Å². The smallest absolute Gasteiger partial charge is 0.416 e. The van der Waals surface area contributed by atoms with Gasteiger partial charge < -0.3 is 9.15 Å². The second-order valence-electron chi connectivity index (χ2n) is 7.56. The standard InChI is InChI=1S/C24H15F3N2O4/c1-13-20(22(30)29(28-13)17-4-2-3-16(10-17)24(25,26)27)11-18-6-8-21(33-18)14-5-7-19-15(9-14)12-32-23(19)31/h2-11H,12H2,1H3. The minimum Gasteiger partial charge on any atom is -0.457 e. The molecule has 166 valence electrons. The molecule has 1 aromatic heterocycles. The van der Waals surface area contributed by atoms with Gasteiger partial charge in [0.1, 0.15) is 18.1 Å². The molecule has 0 saturated carbocycles. The number of esters is 1. The number of hydrogen-bond acceptors (Lipinski definition) is 5. The summed E-state index contributed by atoms with van der Waals surface area (Å²) in [6, 6.07) is 13.0. The van der Waals surface area contributed by atoms with Crippen LogP contribution in [-0.4, -0.2) is 17.6 Å². The number of halogens is 3. The molecule has 0 atom stereocenters.